The van der Waals surface area contributed by atoms with Gasteiger partial charge in [-0.05, 0) is 49.2 Å². The van der Waals surface area contributed by atoms with E-state index in [0.29, 0.717) is 28.1 Å². The highest BCUT2D eigenvalue weighted by Crippen LogP contribution is 2.33. The molecule has 0 spiro atoms. The summed E-state index contributed by atoms with van der Waals surface area (Å²) < 4.78 is 5.16. The summed E-state index contributed by atoms with van der Waals surface area (Å²) in [6.45, 7) is 2.04. The van der Waals surface area contributed by atoms with Crippen LogP contribution in [0, 0.1) is 0 Å². The number of rotatable bonds is 4. The molecule has 0 fully saturated rings. The predicted molar refractivity (Wildman–Crippen MR) is 110 cm³/mol. The predicted octanol–water partition coefficient (Wildman–Crippen LogP) is 4.47. The van der Waals surface area contributed by atoms with E-state index in [2.05, 4.69) is 21.4 Å². The molecule has 1 amide bonds. The molecule has 0 saturated carbocycles. The normalized spacial score (nSPS) is 15.2. The summed E-state index contributed by atoms with van der Waals surface area (Å²) in [6, 6.07) is 14.9. The minimum atomic E-state index is -0.143. The van der Waals surface area contributed by atoms with Crippen LogP contribution in [0.3, 0.4) is 0 Å². The lowest BCUT2D eigenvalue weighted by Gasteiger charge is -2.22. The Kier molecular flexibility index (Phi) is 4.88. The Morgan fingerprint density at radius 1 is 1.25 bits per heavy atom. The Balaban J connectivity index is 1.59. The molecule has 1 aromatic heterocycles. The highest BCUT2D eigenvalue weighted by Gasteiger charge is 2.31. The Labute approximate surface area is 168 Å². The summed E-state index contributed by atoms with van der Waals surface area (Å²) in [5.74, 6) is 0.765. The van der Waals surface area contributed by atoms with E-state index in [4.69, 9.17) is 16.3 Å². The van der Waals surface area contributed by atoms with Gasteiger partial charge in [-0.3, -0.25) is 4.79 Å². The van der Waals surface area contributed by atoms with Gasteiger partial charge in [0, 0.05) is 23.6 Å². The zero-order valence-corrected chi connectivity index (χ0v) is 16.3. The van der Waals surface area contributed by atoms with Gasteiger partial charge in [-0.15, -0.1) is 0 Å². The smallest absolute Gasteiger partial charge is 0.277 e. The highest BCUT2D eigenvalue weighted by atomic mass is 35.5. The number of carbonyl (C=O) groups excluding carboxylic acids is 1. The van der Waals surface area contributed by atoms with Crippen molar-refractivity contribution in [3.05, 3.63) is 71.0 Å². The lowest BCUT2D eigenvalue weighted by atomic mass is 10.1. The maximum absolute atomic E-state index is 13.1. The van der Waals surface area contributed by atoms with Crippen molar-refractivity contribution in [2.75, 3.05) is 17.3 Å². The number of amides is 1. The van der Waals surface area contributed by atoms with E-state index in [9.17, 15) is 4.79 Å². The third-order valence-electron chi connectivity index (χ3n) is 4.71. The minimum Gasteiger partial charge on any atom is -0.495 e. The molecule has 1 atom stereocenters. The van der Waals surface area contributed by atoms with Gasteiger partial charge in [0.2, 0.25) is 5.95 Å². The molecule has 6 nitrogen and oxygen atoms in total. The lowest BCUT2D eigenvalue weighted by molar-refractivity contribution is 0.0976. The first kappa shape index (κ1) is 18.3. The first-order valence-electron chi connectivity index (χ1n) is 8.92. The van der Waals surface area contributed by atoms with Gasteiger partial charge in [-0.25, -0.2) is 9.97 Å². The van der Waals surface area contributed by atoms with Crippen molar-refractivity contribution >= 4 is 34.8 Å². The van der Waals surface area contributed by atoms with Crippen molar-refractivity contribution in [2.24, 2.45) is 0 Å². The fourth-order valence-corrected chi connectivity index (χ4v) is 3.67. The molecule has 0 bridgehead atoms. The number of methoxy groups -OCH3 is 1. The van der Waals surface area contributed by atoms with E-state index in [-0.39, 0.29) is 11.9 Å². The fraction of sp³-hybridized carbons (Fsp3) is 0.190. The molecule has 0 saturated heterocycles. The second-order valence-electron chi connectivity index (χ2n) is 6.60. The van der Waals surface area contributed by atoms with Crippen LogP contribution in [0.25, 0.3) is 0 Å². The van der Waals surface area contributed by atoms with Gasteiger partial charge < -0.3 is 15.0 Å². The molecular formula is C21H19ClN4O2. The number of aromatic nitrogens is 2. The van der Waals surface area contributed by atoms with E-state index >= 15 is 0 Å². The summed E-state index contributed by atoms with van der Waals surface area (Å²) in [5.41, 5.74) is 3.15. The average molecular weight is 395 g/mol. The van der Waals surface area contributed by atoms with Gasteiger partial charge in [-0.1, -0.05) is 29.8 Å². The van der Waals surface area contributed by atoms with Gasteiger partial charge in [-0.2, -0.15) is 0 Å². The van der Waals surface area contributed by atoms with E-state index in [0.717, 1.165) is 12.1 Å². The van der Waals surface area contributed by atoms with Crippen molar-refractivity contribution in [2.45, 2.75) is 19.4 Å². The molecule has 1 aliphatic heterocycles. The second kappa shape index (κ2) is 7.48. The SMILES string of the molecule is COc1ccc(Nc2nccc(C(=O)N3c4ccccc4CC3C)n2)cc1Cl. The number of carbonyl (C=O) groups is 1. The standard InChI is InChI=1S/C21H19ClN4O2/c1-13-11-14-5-3-4-6-18(14)26(13)20(27)17-9-10-23-21(25-17)24-15-7-8-19(28-2)16(22)12-15/h3-10,12-13H,11H2,1-2H3,(H,23,24,25). The number of fused-ring (bicyclic) bond motifs is 1. The Hall–Kier alpha value is -3.12. The van der Waals surface area contributed by atoms with E-state index in [1.807, 2.05) is 25.1 Å². The Morgan fingerprint density at radius 3 is 2.86 bits per heavy atom. The maximum atomic E-state index is 13.1. The molecule has 2 heterocycles. The van der Waals surface area contributed by atoms with E-state index in [1.54, 1.807) is 42.5 Å². The topological polar surface area (TPSA) is 67.3 Å². The zero-order chi connectivity index (χ0) is 19.7. The number of hydrogen-bond donors (Lipinski definition) is 1. The number of benzene rings is 2. The molecule has 28 heavy (non-hydrogen) atoms. The molecule has 2 aromatic carbocycles. The number of ether oxygens (including phenoxy) is 1. The van der Waals surface area contributed by atoms with Crippen LogP contribution in [0.4, 0.5) is 17.3 Å². The van der Waals surface area contributed by atoms with E-state index < -0.39 is 0 Å². The minimum absolute atomic E-state index is 0.0802. The quantitative estimate of drug-likeness (QED) is 0.707. The van der Waals surface area contributed by atoms with Gasteiger partial charge in [0.1, 0.15) is 11.4 Å². The monoisotopic (exact) mass is 394 g/mol. The summed E-state index contributed by atoms with van der Waals surface area (Å²) in [6.07, 6.45) is 2.41. The zero-order valence-electron chi connectivity index (χ0n) is 15.5. The first-order chi connectivity index (χ1) is 13.6. The van der Waals surface area contributed by atoms with Gasteiger partial charge >= 0.3 is 0 Å². The van der Waals surface area contributed by atoms with Crippen LogP contribution in [-0.4, -0.2) is 29.0 Å². The van der Waals surface area contributed by atoms with Crippen molar-refractivity contribution in [1.29, 1.82) is 0 Å². The van der Waals surface area contributed by atoms with Gasteiger partial charge in [0.25, 0.3) is 5.91 Å². The van der Waals surface area contributed by atoms with Crippen LogP contribution in [0.5, 0.6) is 5.75 Å². The van der Waals surface area contributed by atoms with Crippen LogP contribution in [-0.2, 0) is 6.42 Å². The number of para-hydroxylation sites is 1. The van der Waals surface area contributed by atoms with Crippen LogP contribution >= 0.6 is 11.6 Å². The number of halogens is 1. The molecular weight excluding hydrogens is 376 g/mol. The van der Waals surface area contributed by atoms with Crippen molar-refractivity contribution < 1.29 is 9.53 Å². The van der Waals surface area contributed by atoms with Crippen molar-refractivity contribution in [3.63, 3.8) is 0 Å². The van der Waals surface area contributed by atoms with Crippen molar-refractivity contribution in [3.8, 4) is 5.75 Å². The lowest BCUT2D eigenvalue weighted by Crippen LogP contribution is -2.36. The largest absolute Gasteiger partial charge is 0.495 e. The number of nitrogens with one attached hydrogen (secondary N) is 1. The number of anilines is 3. The van der Waals surface area contributed by atoms with Crippen LogP contribution in [0.2, 0.25) is 5.02 Å². The fourth-order valence-electron chi connectivity index (χ4n) is 3.41. The molecule has 3 aromatic rings. The molecule has 0 radical (unpaired) electrons. The molecule has 1 N–H and O–H groups in total. The second-order valence-corrected chi connectivity index (χ2v) is 7.00. The molecule has 1 unspecified atom stereocenters. The van der Waals surface area contributed by atoms with Gasteiger partial charge in [0.05, 0.1) is 12.1 Å². The number of hydrogen-bond acceptors (Lipinski definition) is 5. The van der Waals surface area contributed by atoms with Crippen LogP contribution in [0.15, 0.2) is 54.7 Å². The van der Waals surface area contributed by atoms with Gasteiger partial charge in [0.15, 0.2) is 0 Å². The molecule has 7 heteroatoms. The van der Waals surface area contributed by atoms with Crippen LogP contribution < -0.4 is 15.0 Å². The summed E-state index contributed by atoms with van der Waals surface area (Å²) in [4.78, 5) is 23.5. The third kappa shape index (κ3) is 3.39. The molecule has 1 aliphatic rings. The molecule has 4 rings (SSSR count). The summed E-state index contributed by atoms with van der Waals surface area (Å²) in [7, 11) is 1.56. The third-order valence-corrected chi connectivity index (χ3v) is 5.00. The molecule has 0 aliphatic carbocycles. The number of nitrogens with zero attached hydrogens (tertiary/aromatic N) is 3. The summed E-state index contributed by atoms with van der Waals surface area (Å²) in [5, 5.41) is 3.55. The van der Waals surface area contributed by atoms with Crippen LogP contribution in [0.1, 0.15) is 23.0 Å². The van der Waals surface area contributed by atoms with Crippen molar-refractivity contribution in [1.82, 2.24) is 9.97 Å². The molecule has 142 valence electrons. The highest BCUT2D eigenvalue weighted by molar-refractivity contribution is 6.32. The first-order valence-corrected chi connectivity index (χ1v) is 9.29. The van der Waals surface area contributed by atoms with E-state index in [1.165, 1.54) is 5.56 Å². The Bertz CT molecular complexity index is 1040. The summed E-state index contributed by atoms with van der Waals surface area (Å²) >= 11 is 6.16. The average Bonchev–Trinajstić information content (AvgIpc) is 3.03. The Morgan fingerprint density at radius 2 is 2.07 bits per heavy atom. The maximum Gasteiger partial charge on any atom is 0.277 e.